The van der Waals surface area contributed by atoms with Crippen LogP contribution >= 0.6 is 0 Å². The second-order valence-corrected chi connectivity index (χ2v) is 4.06. The van der Waals surface area contributed by atoms with Crippen LogP contribution in [0.2, 0.25) is 0 Å². The smallest absolute Gasteiger partial charge is 0.0247 e. The monoisotopic (exact) mass is 215 g/mol. The topological polar surface area (TPSA) is 40.1 Å². The summed E-state index contributed by atoms with van der Waals surface area (Å²) in [6, 6.07) is 0. The van der Waals surface area contributed by atoms with E-state index >= 15 is 0 Å². The lowest BCUT2D eigenvalue weighted by atomic mass is 10.1. The summed E-state index contributed by atoms with van der Waals surface area (Å²) in [5, 5.41) is 2.12. The third-order valence-electron chi connectivity index (χ3n) is 2.06. The molecule has 0 aromatic carbocycles. The molecule has 0 radical (unpaired) electrons. The number of unbranched alkanes of at least 4 members (excludes halogenated alkanes) is 7. The highest BCUT2D eigenvalue weighted by atomic mass is 32.2. The molecule has 0 N–H and O–H groups in total. The Morgan fingerprint density at radius 2 is 1.64 bits per heavy atom. The minimum absolute atomic E-state index is 0.710. The van der Waals surface area contributed by atoms with E-state index in [1.165, 1.54) is 38.5 Å². The Balaban J connectivity index is 3.07. The Morgan fingerprint density at radius 1 is 1.07 bits per heavy atom. The average Bonchev–Trinajstić information content (AvgIpc) is 2.15. The molecule has 0 aromatic rings. The molecule has 1 atom stereocenters. The molecule has 0 aliphatic rings. The molecule has 0 bridgehead atoms. The zero-order valence-electron chi connectivity index (χ0n) is 8.88. The standard InChI is InChI=1S/C11H20O2S/c1-2-3-4-5-6-7-8-9-10-11-14(12)13/h2-9H2,1H3,(H,12,13)/p-1. The predicted octanol–water partition coefficient (Wildman–Crippen LogP) is 2.97. The summed E-state index contributed by atoms with van der Waals surface area (Å²) in [5.41, 5.74) is 0. The normalized spacial score (nSPS) is 11.9. The van der Waals surface area contributed by atoms with Gasteiger partial charge >= 0.3 is 0 Å². The highest BCUT2D eigenvalue weighted by Crippen LogP contribution is 2.07. The van der Waals surface area contributed by atoms with Gasteiger partial charge in [0.2, 0.25) is 0 Å². The molecule has 0 fully saturated rings. The second kappa shape index (κ2) is 10.7. The quantitative estimate of drug-likeness (QED) is 0.372. The maximum atomic E-state index is 10.0. The first-order chi connectivity index (χ1) is 6.77. The summed E-state index contributed by atoms with van der Waals surface area (Å²) in [7, 11) is 0. The van der Waals surface area contributed by atoms with Gasteiger partial charge in [0, 0.05) is 17.5 Å². The lowest BCUT2D eigenvalue weighted by Crippen LogP contribution is -1.80. The molecule has 0 heterocycles. The van der Waals surface area contributed by atoms with Crippen LogP contribution in [0.1, 0.15) is 58.3 Å². The van der Waals surface area contributed by atoms with Crippen molar-refractivity contribution in [3.8, 4) is 11.2 Å². The van der Waals surface area contributed by atoms with Crippen molar-refractivity contribution in [3.63, 3.8) is 0 Å². The average molecular weight is 215 g/mol. The molecule has 0 saturated heterocycles. The van der Waals surface area contributed by atoms with Gasteiger partial charge in [-0.05, 0) is 11.7 Å². The van der Waals surface area contributed by atoms with E-state index in [2.05, 4.69) is 18.1 Å². The molecular weight excluding hydrogens is 196 g/mol. The van der Waals surface area contributed by atoms with Crippen LogP contribution in [-0.4, -0.2) is 8.76 Å². The number of hydrogen-bond acceptors (Lipinski definition) is 2. The summed E-state index contributed by atoms with van der Waals surface area (Å²) in [4.78, 5) is 0. The van der Waals surface area contributed by atoms with Crippen LogP contribution in [0.4, 0.5) is 0 Å². The Bertz CT molecular complexity index is 203. The molecule has 2 nitrogen and oxygen atoms in total. The summed E-state index contributed by atoms with van der Waals surface area (Å²) >= 11 is -2.19. The molecule has 1 unspecified atom stereocenters. The highest BCUT2D eigenvalue weighted by Gasteiger charge is 1.88. The summed E-state index contributed by atoms with van der Waals surface area (Å²) in [6.45, 7) is 2.21. The fourth-order valence-corrected chi connectivity index (χ4v) is 1.50. The van der Waals surface area contributed by atoms with Gasteiger partial charge in [0.1, 0.15) is 0 Å². The van der Waals surface area contributed by atoms with Gasteiger partial charge in [0.25, 0.3) is 0 Å². The Hall–Kier alpha value is -0.330. The first-order valence-corrected chi connectivity index (χ1v) is 6.42. The first kappa shape index (κ1) is 13.7. The molecule has 0 rings (SSSR count). The van der Waals surface area contributed by atoms with Crippen LogP contribution in [0, 0.1) is 11.2 Å². The maximum Gasteiger partial charge on any atom is 0.0247 e. The molecule has 3 heteroatoms. The van der Waals surface area contributed by atoms with Gasteiger partial charge in [-0.15, -0.1) is 0 Å². The van der Waals surface area contributed by atoms with Gasteiger partial charge in [-0.25, -0.2) is 0 Å². The van der Waals surface area contributed by atoms with E-state index in [4.69, 9.17) is 0 Å². The molecule has 82 valence electrons. The van der Waals surface area contributed by atoms with Crippen molar-refractivity contribution in [2.75, 3.05) is 0 Å². The van der Waals surface area contributed by atoms with Crippen molar-refractivity contribution >= 4 is 11.1 Å². The van der Waals surface area contributed by atoms with Crippen LogP contribution in [0.3, 0.4) is 0 Å². The predicted molar refractivity (Wildman–Crippen MR) is 59.3 cm³/mol. The Kier molecular flexibility index (Phi) is 10.5. The number of rotatable bonds is 7. The summed E-state index contributed by atoms with van der Waals surface area (Å²) in [6.07, 6.45) is 9.39. The first-order valence-electron chi connectivity index (χ1n) is 5.35. The number of hydrogen-bond donors (Lipinski definition) is 0. The van der Waals surface area contributed by atoms with Crippen molar-refractivity contribution < 1.29 is 8.76 Å². The van der Waals surface area contributed by atoms with E-state index < -0.39 is 11.1 Å². The van der Waals surface area contributed by atoms with Gasteiger partial charge in [-0.3, -0.25) is 4.21 Å². The van der Waals surface area contributed by atoms with Gasteiger partial charge in [-0.2, -0.15) is 0 Å². The van der Waals surface area contributed by atoms with Crippen LogP contribution in [0.5, 0.6) is 0 Å². The van der Waals surface area contributed by atoms with Gasteiger partial charge in [0.05, 0.1) is 0 Å². The van der Waals surface area contributed by atoms with Crippen molar-refractivity contribution in [1.82, 2.24) is 0 Å². The molecule has 14 heavy (non-hydrogen) atoms. The highest BCUT2D eigenvalue weighted by molar-refractivity contribution is 7.84. The van der Waals surface area contributed by atoms with E-state index in [-0.39, 0.29) is 0 Å². The van der Waals surface area contributed by atoms with Gasteiger partial charge in [-0.1, -0.05) is 51.4 Å². The van der Waals surface area contributed by atoms with Crippen molar-refractivity contribution in [3.05, 3.63) is 0 Å². The third kappa shape index (κ3) is 11.7. The van der Waals surface area contributed by atoms with Gasteiger partial charge < -0.3 is 4.55 Å². The zero-order chi connectivity index (χ0) is 10.6. The van der Waals surface area contributed by atoms with Crippen molar-refractivity contribution in [2.45, 2.75) is 58.3 Å². The lowest BCUT2D eigenvalue weighted by molar-refractivity contribution is 0.548. The van der Waals surface area contributed by atoms with Crippen molar-refractivity contribution in [2.24, 2.45) is 0 Å². The summed E-state index contributed by atoms with van der Waals surface area (Å²) in [5.74, 6) is 2.62. The van der Waals surface area contributed by atoms with Crippen LogP contribution in [0.15, 0.2) is 0 Å². The minimum Gasteiger partial charge on any atom is -0.762 e. The lowest BCUT2D eigenvalue weighted by Gasteiger charge is -1.98. The zero-order valence-corrected chi connectivity index (χ0v) is 9.70. The van der Waals surface area contributed by atoms with Crippen LogP contribution in [-0.2, 0) is 11.1 Å². The molecule has 0 aliphatic heterocycles. The Morgan fingerprint density at radius 3 is 2.21 bits per heavy atom. The van der Waals surface area contributed by atoms with E-state index in [1.807, 2.05) is 0 Å². The third-order valence-corrected chi connectivity index (χ3v) is 2.37. The second-order valence-electron chi connectivity index (χ2n) is 3.38. The van der Waals surface area contributed by atoms with E-state index in [1.54, 1.807) is 0 Å². The molecule has 0 amide bonds. The Labute approximate surface area is 89.8 Å². The maximum absolute atomic E-state index is 10.0. The molecular formula is C11H19O2S-. The largest absolute Gasteiger partial charge is 0.762 e. The summed E-state index contributed by atoms with van der Waals surface area (Å²) < 4.78 is 20.1. The molecule has 0 aromatic heterocycles. The minimum atomic E-state index is -2.19. The van der Waals surface area contributed by atoms with Crippen molar-refractivity contribution in [1.29, 1.82) is 0 Å². The SMILES string of the molecule is CCCCCCCCCC#CS(=O)[O-]. The van der Waals surface area contributed by atoms with E-state index in [9.17, 15) is 8.76 Å². The molecule has 0 aliphatic carbocycles. The fraction of sp³-hybridized carbons (Fsp3) is 0.818. The fourth-order valence-electron chi connectivity index (χ4n) is 1.28. The van der Waals surface area contributed by atoms with Crippen LogP contribution in [0.25, 0.3) is 0 Å². The molecule has 0 spiro atoms. The van der Waals surface area contributed by atoms with Gasteiger partial charge in [0.15, 0.2) is 0 Å². The van der Waals surface area contributed by atoms with Crippen LogP contribution < -0.4 is 0 Å². The molecule has 0 saturated carbocycles. The van der Waals surface area contributed by atoms with E-state index in [0.717, 1.165) is 6.42 Å². The van der Waals surface area contributed by atoms with E-state index in [0.29, 0.717) is 6.42 Å².